The van der Waals surface area contributed by atoms with E-state index in [1.54, 1.807) is 23.1 Å². The lowest BCUT2D eigenvalue weighted by Gasteiger charge is -2.23. The molecule has 128 valence electrons. The van der Waals surface area contributed by atoms with E-state index in [2.05, 4.69) is 9.97 Å². The van der Waals surface area contributed by atoms with Crippen LogP contribution < -0.4 is 4.90 Å². The Labute approximate surface area is 139 Å². The number of nitrogens with zero attached hydrogens (tertiary/aromatic N) is 4. The Hall–Kier alpha value is -2.31. The summed E-state index contributed by atoms with van der Waals surface area (Å²) in [5.74, 6) is -0.0657. The zero-order valence-electron chi connectivity index (χ0n) is 13.6. The fraction of sp³-hybridized carbons (Fsp3) is 0.471. The molecule has 3 rings (SSSR count). The van der Waals surface area contributed by atoms with Gasteiger partial charge in [0.05, 0.1) is 12.1 Å². The number of anilines is 1. The van der Waals surface area contributed by atoms with Crippen LogP contribution in [-0.2, 0) is 4.79 Å². The molecule has 24 heavy (non-hydrogen) atoms. The summed E-state index contributed by atoms with van der Waals surface area (Å²) in [7, 11) is 0. The van der Waals surface area contributed by atoms with E-state index in [1.165, 1.54) is 0 Å². The van der Waals surface area contributed by atoms with Crippen LogP contribution in [-0.4, -0.2) is 47.0 Å². The number of benzene rings is 1. The van der Waals surface area contributed by atoms with E-state index < -0.39 is 12.2 Å². The van der Waals surface area contributed by atoms with Crippen LogP contribution in [0.15, 0.2) is 24.3 Å². The Morgan fingerprint density at radius 2 is 2.00 bits per heavy atom. The maximum absolute atomic E-state index is 13.1. The predicted octanol–water partition coefficient (Wildman–Crippen LogP) is 3.02. The predicted molar refractivity (Wildman–Crippen MR) is 88.2 cm³/mol. The topological polar surface area (TPSA) is 49.3 Å². The van der Waals surface area contributed by atoms with Gasteiger partial charge in [-0.05, 0) is 25.0 Å². The van der Waals surface area contributed by atoms with Gasteiger partial charge in [-0.25, -0.2) is 18.7 Å². The molecule has 1 aromatic heterocycles. The van der Waals surface area contributed by atoms with Gasteiger partial charge < -0.3 is 9.80 Å². The van der Waals surface area contributed by atoms with Crippen molar-refractivity contribution in [3.05, 3.63) is 30.1 Å². The van der Waals surface area contributed by atoms with E-state index in [9.17, 15) is 13.6 Å². The van der Waals surface area contributed by atoms with Gasteiger partial charge in [-0.1, -0.05) is 19.1 Å². The van der Waals surface area contributed by atoms with E-state index in [0.717, 1.165) is 19.4 Å². The van der Waals surface area contributed by atoms with E-state index >= 15 is 0 Å². The molecular weight excluding hydrogens is 314 g/mol. The maximum atomic E-state index is 13.1. The molecule has 7 heteroatoms. The highest BCUT2D eigenvalue weighted by Gasteiger charge is 2.25. The molecule has 2 heterocycles. The van der Waals surface area contributed by atoms with Crippen molar-refractivity contribution in [1.29, 1.82) is 0 Å². The van der Waals surface area contributed by atoms with Gasteiger partial charge in [0.2, 0.25) is 5.91 Å². The highest BCUT2D eigenvalue weighted by molar-refractivity contribution is 5.92. The number of fused-ring (bicyclic) bond motifs is 1. The molecule has 5 nitrogen and oxygen atoms in total. The second kappa shape index (κ2) is 7.07. The molecule has 0 bridgehead atoms. The number of carbonyl (C=O) groups is 1. The minimum atomic E-state index is -2.74. The quantitative estimate of drug-likeness (QED) is 0.862. The van der Waals surface area contributed by atoms with Crippen LogP contribution in [0.1, 0.15) is 32.0 Å². The summed E-state index contributed by atoms with van der Waals surface area (Å²) < 4.78 is 26.3. The maximum Gasteiger partial charge on any atom is 0.297 e. The lowest BCUT2D eigenvalue weighted by Crippen LogP contribution is -2.37. The number of rotatable bonds is 4. The molecule has 0 radical (unpaired) electrons. The molecule has 0 aliphatic carbocycles. The molecule has 0 N–H and O–H groups in total. The highest BCUT2D eigenvalue weighted by Crippen LogP contribution is 2.28. The number of hydrogen-bond acceptors (Lipinski definition) is 4. The van der Waals surface area contributed by atoms with Crippen LogP contribution in [0.2, 0.25) is 0 Å². The average molecular weight is 334 g/mol. The van der Waals surface area contributed by atoms with Crippen molar-refractivity contribution in [2.75, 3.05) is 31.1 Å². The first-order valence-electron chi connectivity index (χ1n) is 8.17. The van der Waals surface area contributed by atoms with Crippen LogP contribution in [0.3, 0.4) is 0 Å². The number of halogens is 2. The molecule has 1 aliphatic heterocycles. The minimum absolute atomic E-state index is 0.00985. The van der Waals surface area contributed by atoms with Gasteiger partial charge >= 0.3 is 0 Å². The Bertz CT molecular complexity index is 738. The molecule has 1 aliphatic rings. The van der Waals surface area contributed by atoms with Crippen molar-refractivity contribution >= 4 is 22.6 Å². The van der Waals surface area contributed by atoms with Crippen LogP contribution in [0.4, 0.5) is 14.6 Å². The van der Waals surface area contributed by atoms with Crippen molar-refractivity contribution in [3.63, 3.8) is 0 Å². The number of para-hydroxylation sites is 1. The van der Waals surface area contributed by atoms with E-state index in [-0.39, 0.29) is 12.5 Å². The van der Waals surface area contributed by atoms with Crippen LogP contribution >= 0.6 is 0 Å². The molecule has 0 saturated carbocycles. The zero-order chi connectivity index (χ0) is 17.1. The third-order valence-electron chi connectivity index (χ3n) is 4.12. The first-order valence-corrected chi connectivity index (χ1v) is 8.17. The summed E-state index contributed by atoms with van der Waals surface area (Å²) in [5.41, 5.74) is 0.472. The van der Waals surface area contributed by atoms with Crippen molar-refractivity contribution in [3.8, 4) is 0 Å². The first kappa shape index (κ1) is 16.5. The number of hydrogen-bond donors (Lipinski definition) is 0. The van der Waals surface area contributed by atoms with Crippen LogP contribution in [0.5, 0.6) is 0 Å². The third kappa shape index (κ3) is 3.29. The summed E-state index contributed by atoms with van der Waals surface area (Å²) in [5, 5.41) is 0.693. The molecular formula is C17H20F2N4O. The van der Waals surface area contributed by atoms with Crippen molar-refractivity contribution in [1.82, 2.24) is 14.9 Å². The largest absolute Gasteiger partial charge is 0.347 e. The zero-order valence-corrected chi connectivity index (χ0v) is 13.6. The number of alkyl halides is 2. The van der Waals surface area contributed by atoms with Gasteiger partial charge in [0.1, 0.15) is 5.82 Å². The normalized spacial score (nSPS) is 16.1. The van der Waals surface area contributed by atoms with Crippen molar-refractivity contribution in [2.45, 2.75) is 26.2 Å². The summed E-state index contributed by atoms with van der Waals surface area (Å²) in [6.07, 6.45) is -1.06. The van der Waals surface area contributed by atoms with Crippen LogP contribution in [0, 0.1) is 0 Å². The smallest absolute Gasteiger partial charge is 0.297 e. The number of amides is 1. The van der Waals surface area contributed by atoms with E-state index in [4.69, 9.17) is 0 Å². The molecule has 0 unspecified atom stereocenters. The second-order valence-electron chi connectivity index (χ2n) is 5.88. The molecule has 0 atom stereocenters. The monoisotopic (exact) mass is 334 g/mol. The van der Waals surface area contributed by atoms with Gasteiger partial charge in [-0.2, -0.15) is 0 Å². The fourth-order valence-electron chi connectivity index (χ4n) is 3.02. The van der Waals surface area contributed by atoms with Gasteiger partial charge in [0.25, 0.3) is 6.43 Å². The summed E-state index contributed by atoms with van der Waals surface area (Å²) in [6, 6.07) is 7.07. The Morgan fingerprint density at radius 3 is 2.75 bits per heavy atom. The first-order chi connectivity index (χ1) is 11.6. The summed E-state index contributed by atoms with van der Waals surface area (Å²) >= 11 is 0. The third-order valence-corrected chi connectivity index (χ3v) is 4.12. The van der Waals surface area contributed by atoms with Gasteiger partial charge in [-0.15, -0.1) is 0 Å². The van der Waals surface area contributed by atoms with Gasteiger partial charge in [-0.3, -0.25) is 4.79 Å². The Balaban J connectivity index is 2.00. The van der Waals surface area contributed by atoms with E-state index in [1.807, 2.05) is 17.9 Å². The van der Waals surface area contributed by atoms with Crippen molar-refractivity contribution in [2.24, 2.45) is 0 Å². The average Bonchev–Trinajstić information content (AvgIpc) is 2.76. The number of aromatic nitrogens is 2. The second-order valence-corrected chi connectivity index (χ2v) is 5.88. The number of carbonyl (C=O) groups excluding carboxylic acids is 1. The van der Waals surface area contributed by atoms with Gasteiger partial charge in [0.15, 0.2) is 5.82 Å². The minimum Gasteiger partial charge on any atom is -0.347 e. The fourth-order valence-corrected chi connectivity index (χ4v) is 3.02. The molecule has 1 aromatic carbocycles. The summed E-state index contributed by atoms with van der Waals surface area (Å²) in [6.45, 7) is 4.20. The van der Waals surface area contributed by atoms with Gasteiger partial charge in [0, 0.05) is 25.0 Å². The Kier molecular flexibility index (Phi) is 4.87. The lowest BCUT2D eigenvalue weighted by molar-refractivity contribution is -0.129. The molecule has 1 saturated heterocycles. The van der Waals surface area contributed by atoms with Crippen molar-refractivity contribution < 1.29 is 13.6 Å². The molecule has 1 fully saturated rings. The standard InChI is InChI=1S/C17H20F2N4O/c1-2-8-22-9-5-10-23(11-14(22)24)17-12-6-3-4-7-13(12)20-16(21-17)15(18)19/h3-4,6-7,15H,2,5,8-11H2,1H3. The molecule has 0 spiro atoms. The van der Waals surface area contributed by atoms with E-state index in [0.29, 0.717) is 29.8 Å². The SMILES string of the molecule is CCCN1CCCN(c2nc(C(F)F)nc3ccccc23)CC1=O. The summed E-state index contributed by atoms with van der Waals surface area (Å²) in [4.78, 5) is 24.1. The molecule has 1 amide bonds. The van der Waals surface area contributed by atoms with Crippen LogP contribution in [0.25, 0.3) is 10.9 Å². The molecule has 2 aromatic rings. The highest BCUT2D eigenvalue weighted by atomic mass is 19.3. The lowest BCUT2D eigenvalue weighted by atomic mass is 10.2. The Morgan fingerprint density at radius 1 is 1.21 bits per heavy atom.